The lowest BCUT2D eigenvalue weighted by molar-refractivity contribution is 0.0526. The van der Waals surface area contributed by atoms with E-state index < -0.39 is 0 Å². The third kappa shape index (κ3) is 9.59. The van der Waals surface area contributed by atoms with E-state index in [1.54, 1.807) is 12.1 Å². The van der Waals surface area contributed by atoms with Gasteiger partial charge in [-0.2, -0.15) is 0 Å². The second-order valence-corrected chi connectivity index (χ2v) is 6.28. The van der Waals surface area contributed by atoms with Gasteiger partial charge in [0.15, 0.2) is 0 Å². The largest absolute Gasteiger partial charge is 0.494 e. The van der Waals surface area contributed by atoms with Crippen molar-refractivity contribution >= 4 is 5.97 Å². The fourth-order valence-electron chi connectivity index (χ4n) is 2.68. The van der Waals surface area contributed by atoms with E-state index in [-0.39, 0.29) is 5.97 Å². The van der Waals surface area contributed by atoms with E-state index in [4.69, 9.17) is 9.47 Å². The Bertz CT molecular complexity index is 425. The summed E-state index contributed by atoms with van der Waals surface area (Å²) < 4.78 is 10.7. The molecule has 1 rings (SSSR count). The first-order valence-corrected chi connectivity index (χ1v) is 9.68. The van der Waals surface area contributed by atoms with Crippen molar-refractivity contribution in [3.63, 3.8) is 0 Å². The average Bonchev–Trinajstić information content (AvgIpc) is 2.60. The zero-order valence-electron chi connectivity index (χ0n) is 15.5. The van der Waals surface area contributed by atoms with Crippen molar-refractivity contribution in [2.24, 2.45) is 0 Å². The van der Waals surface area contributed by atoms with Gasteiger partial charge in [-0.3, -0.25) is 0 Å². The molecule has 0 saturated carbocycles. The summed E-state index contributed by atoms with van der Waals surface area (Å²) in [6.45, 7) is 5.21. The molecule has 0 heterocycles. The smallest absolute Gasteiger partial charge is 0.338 e. The van der Waals surface area contributed by atoms with Gasteiger partial charge in [0.1, 0.15) is 5.75 Å². The lowest BCUT2D eigenvalue weighted by atomic mass is 10.1. The molecule has 0 amide bonds. The highest BCUT2D eigenvalue weighted by atomic mass is 16.5. The molecule has 0 saturated heterocycles. The molecule has 24 heavy (non-hydrogen) atoms. The maximum Gasteiger partial charge on any atom is 0.338 e. The van der Waals surface area contributed by atoms with Crippen LogP contribution in [0.15, 0.2) is 24.3 Å². The van der Waals surface area contributed by atoms with Gasteiger partial charge in [-0.05, 0) is 37.6 Å². The van der Waals surface area contributed by atoms with Gasteiger partial charge >= 0.3 is 5.97 Å². The summed E-state index contributed by atoms with van der Waals surface area (Å²) in [6.07, 6.45) is 13.3. The summed E-state index contributed by atoms with van der Waals surface area (Å²) in [7, 11) is 0. The molecule has 0 bridgehead atoms. The van der Waals surface area contributed by atoms with Gasteiger partial charge in [0, 0.05) is 0 Å². The SMILES string of the molecule is CCCCCCCCCCCCOc1ccc(C(=O)OCC)cc1. The highest BCUT2D eigenvalue weighted by Crippen LogP contribution is 2.14. The van der Waals surface area contributed by atoms with E-state index in [9.17, 15) is 4.79 Å². The fraction of sp³-hybridized carbons (Fsp3) is 0.667. The van der Waals surface area contributed by atoms with Crippen LogP contribution in [0.3, 0.4) is 0 Å². The molecule has 0 aromatic heterocycles. The lowest BCUT2D eigenvalue weighted by Crippen LogP contribution is -2.04. The Kier molecular flexibility index (Phi) is 11.9. The van der Waals surface area contributed by atoms with E-state index in [0.29, 0.717) is 12.2 Å². The van der Waals surface area contributed by atoms with Gasteiger partial charge < -0.3 is 9.47 Å². The van der Waals surface area contributed by atoms with Crippen LogP contribution in [0.2, 0.25) is 0 Å². The zero-order chi connectivity index (χ0) is 17.5. The quantitative estimate of drug-likeness (QED) is 0.302. The van der Waals surface area contributed by atoms with Crippen LogP contribution in [0.5, 0.6) is 5.75 Å². The molecule has 0 aliphatic rings. The van der Waals surface area contributed by atoms with E-state index in [1.807, 2.05) is 19.1 Å². The van der Waals surface area contributed by atoms with Crippen molar-refractivity contribution in [3.8, 4) is 5.75 Å². The normalized spacial score (nSPS) is 10.6. The molecule has 1 aromatic rings. The summed E-state index contributed by atoms with van der Waals surface area (Å²) in [5.74, 6) is 0.540. The maximum absolute atomic E-state index is 11.6. The molecule has 0 unspecified atom stereocenters. The first kappa shape index (κ1) is 20.5. The minimum atomic E-state index is -0.279. The van der Waals surface area contributed by atoms with Crippen LogP contribution in [-0.2, 0) is 4.74 Å². The van der Waals surface area contributed by atoms with E-state index in [1.165, 1.54) is 57.8 Å². The van der Waals surface area contributed by atoms with E-state index >= 15 is 0 Å². The Morgan fingerprint density at radius 3 is 1.88 bits per heavy atom. The molecule has 1 aromatic carbocycles. The van der Waals surface area contributed by atoms with E-state index in [0.717, 1.165) is 18.8 Å². The minimum Gasteiger partial charge on any atom is -0.494 e. The van der Waals surface area contributed by atoms with Crippen LogP contribution in [0.4, 0.5) is 0 Å². The number of unbranched alkanes of at least 4 members (excludes halogenated alkanes) is 9. The highest BCUT2D eigenvalue weighted by molar-refractivity contribution is 5.89. The Labute approximate surface area is 147 Å². The number of rotatable bonds is 14. The third-order valence-corrected chi connectivity index (χ3v) is 4.13. The molecule has 3 heteroatoms. The van der Waals surface area contributed by atoms with Crippen LogP contribution in [0.1, 0.15) is 88.4 Å². The number of hydrogen-bond acceptors (Lipinski definition) is 3. The molecule has 0 aliphatic heterocycles. The maximum atomic E-state index is 11.6. The summed E-state index contributed by atoms with van der Waals surface area (Å²) >= 11 is 0. The first-order valence-electron chi connectivity index (χ1n) is 9.68. The molecule has 136 valence electrons. The van der Waals surface area contributed by atoms with E-state index in [2.05, 4.69) is 6.92 Å². The standard InChI is InChI=1S/C21H34O3/c1-3-5-6-7-8-9-10-11-12-13-18-24-20-16-14-19(15-17-20)21(22)23-4-2/h14-17H,3-13,18H2,1-2H3. The summed E-state index contributed by atoms with van der Waals surface area (Å²) in [5.41, 5.74) is 0.572. The Balaban J connectivity index is 2.00. The predicted octanol–water partition coefficient (Wildman–Crippen LogP) is 6.16. The Morgan fingerprint density at radius 2 is 1.33 bits per heavy atom. The molecule has 0 fully saturated rings. The fourth-order valence-corrected chi connectivity index (χ4v) is 2.68. The number of benzene rings is 1. The van der Waals surface area contributed by atoms with Crippen LogP contribution >= 0.6 is 0 Å². The van der Waals surface area contributed by atoms with Crippen molar-refractivity contribution in [1.29, 1.82) is 0 Å². The van der Waals surface area contributed by atoms with Crippen LogP contribution in [-0.4, -0.2) is 19.2 Å². The second kappa shape index (κ2) is 13.9. The van der Waals surface area contributed by atoms with Crippen LogP contribution in [0.25, 0.3) is 0 Å². The summed E-state index contributed by atoms with van der Waals surface area (Å²) in [5, 5.41) is 0. The summed E-state index contributed by atoms with van der Waals surface area (Å²) in [6, 6.07) is 7.18. The molecular formula is C21H34O3. The second-order valence-electron chi connectivity index (χ2n) is 6.28. The van der Waals surface area contributed by atoms with Gasteiger partial charge in [0.2, 0.25) is 0 Å². The molecule has 0 N–H and O–H groups in total. The Hall–Kier alpha value is -1.51. The lowest BCUT2D eigenvalue weighted by Gasteiger charge is -2.07. The molecular weight excluding hydrogens is 300 g/mol. The molecule has 0 spiro atoms. The topological polar surface area (TPSA) is 35.5 Å². The average molecular weight is 335 g/mol. The highest BCUT2D eigenvalue weighted by Gasteiger charge is 2.05. The van der Waals surface area contributed by atoms with Crippen LogP contribution in [0, 0.1) is 0 Å². The predicted molar refractivity (Wildman–Crippen MR) is 99.7 cm³/mol. The minimum absolute atomic E-state index is 0.279. The third-order valence-electron chi connectivity index (χ3n) is 4.13. The van der Waals surface area contributed by atoms with Gasteiger partial charge in [0.05, 0.1) is 18.8 Å². The Morgan fingerprint density at radius 1 is 0.792 bits per heavy atom. The summed E-state index contributed by atoms with van der Waals surface area (Å²) in [4.78, 5) is 11.6. The van der Waals surface area contributed by atoms with Crippen molar-refractivity contribution in [2.45, 2.75) is 78.1 Å². The van der Waals surface area contributed by atoms with Crippen LogP contribution < -0.4 is 4.74 Å². The number of esters is 1. The zero-order valence-corrected chi connectivity index (χ0v) is 15.5. The number of carbonyl (C=O) groups is 1. The molecule has 3 nitrogen and oxygen atoms in total. The first-order chi connectivity index (χ1) is 11.8. The number of carbonyl (C=O) groups excluding carboxylic acids is 1. The van der Waals surface area contributed by atoms with Crippen molar-refractivity contribution in [1.82, 2.24) is 0 Å². The van der Waals surface area contributed by atoms with Gasteiger partial charge in [-0.15, -0.1) is 0 Å². The van der Waals surface area contributed by atoms with Crippen molar-refractivity contribution in [3.05, 3.63) is 29.8 Å². The number of ether oxygens (including phenoxy) is 2. The van der Waals surface area contributed by atoms with Gasteiger partial charge in [0.25, 0.3) is 0 Å². The molecule has 0 aliphatic carbocycles. The van der Waals surface area contributed by atoms with Gasteiger partial charge in [-0.25, -0.2) is 4.79 Å². The van der Waals surface area contributed by atoms with Crippen molar-refractivity contribution in [2.75, 3.05) is 13.2 Å². The van der Waals surface area contributed by atoms with Crippen molar-refractivity contribution < 1.29 is 14.3 Å². The van der Waals surface area contributed by atoms with Gasteiger partial charge in [-0.1, -0.05) is 64.7 Å². The monoisotopic (exact) mass is 334 g/mol. The molecule has 0 atom stereocenters. The molecule has 0 radical (unpaired) electrons. The number of hydrogen-bond donors (Lipinski definition) is 0.